The molecule has 1 amide bonds. The van der Waals surface area contributed by atoms with Crippen molar-refractivity contribution in [3.8, 4) is 0 Å². The fourth-order valence-corrected chi connectivity index (χ4v) is 1.98. The molecule has 0 saturated heterocycles. The summed E-state index contributed by atoms with van der Waals surface area (Å²) in [6, 6.07) is 1.96. The van der Waals surface area contributed by atoms with E-state index in [9.17, 15) is 23.2 Å². The molecule has 0 bridgehead atoms. The molecule has 5 nitrogen and oxygen atoms in total. The normalized spacial score (nSPS) is 13.2. The Balaban J connectivity index is 3.39. The summed E-state index contributed by atoms with van der Waals surface area (Å²) in [6.07, 6.45) is 0. The second-order valence-electron chi connectivity index (χ2n) is 4.43. The van der Waals surface area contributed by atoms with Gasteiger partial charge in [-0.2, -0.15) is 0 Å². The third-order valence-electron chi connectivity index (χ3n) is 2.90. The number of nitrogens with one attached hydrogen (secondary N) is 1. The Morgan fingerprint density at radius 3 is 2.29 bits per heavy atom. The van der Waals surface area contributed by atoms with Crippen molar-refractivity contribution in [2.75, 3.05) is 7.11 Å². The Kier molecular flexibility index (Phi) is 5.52. The van der Waals surface area contributed by atoms with Crippen LogP contribution in [0.15, 0.2) is 18.2 Å². The van der Waals surface area contributed by atoms with Crippen LogP contribution in [0.25, 0.3) is 0 Å². The van der Waals surface area contributed by atoms with Gasteiger partial charge in [-0.05, 0) is 13.0 Å². The maximum atomic E-state index is 13.9. The van der Waals surface area contributed by atoms with Gasteiger partial charge in [0.2, 0.25) is 5.91 Å². The lowest BCUT2D eigenvalue weighted by Crippen LogP contribution is -2.40. The molecule has 0 unspecified atom stereocenters. The molecule has 0 aliphatic rings. The lowest BCUT2D eigenvalue weighted by molar-refractivity contribution is -0.150. The molecule has 1 rings (SSSR count). The number of esters is 1. The molecule has 1 N–H and O–H groups in total. The van der Waals surface area contributed by atoms with E-state index in [-0.39, 0.29) is 5.56 Å². The van der Waals surface area contributed by atoms with Crippen LogP contribution < -0.4 is 5.32 Å². The molecule has 0 aliphatic carbocycles. The maximum Gasteiger partial charge on any atom is 0.318 e. The number of benzene rings is 1. The number of halogens is 2. The van der Waals surface area contributed by atoms with Crippen molar-refractivity contribution in [1.29, 1.82) is 0 Å². The highest BCUT2D eigenvalue weighted by atomic mass is 19.2. The lowest BCUT2D eigenvalue weighted by atomic mass is 9.89. The topological polar surface area (TPSA) is 72.5 Å². The molecule has 0 saturated carbocycles. The summed E-state index contributed by atoms with van der Waals surface area (Å²) in [7, 11) is 1.06. The predicted molar refractivity (Wildman–Crippen MR) is 69.1 cm³/mol. The maximum absolute atomic E-state index is 13.9. The SMILES string of the molecule is COC(=O)[C@@H](C(C)=O)[C@H](NC(C)=O)c1cccc(F)c1F. The van der Waals surface area contributed by atoms with Crippen molar-refractivity contribution in [2.45, 2.75) is 19.9 Å². The average molecular weight is 299 g/mol. The van der Waals surface area contributed by atoms with E-state index in [0.29, 0.717) is 0 Å². The Hall–Kier alpha value is -2.31. The van der Waals surface area contributed by atoms with Crippen molar-refractivity contribution in [3.63, 3.8) is 0 Å². The summed E-state index contributed by atoms with van der Waals surface area (Å²) in [5.74, 6) is -6.01. The zero-order valence-electron chi connectivity index (χ0n) is 11.8. The number of rotatable bonds is 5. The second-order valence-corrected chi connectivity index (χ2v) is 4.43. The summed E-state index contributed by atoms with van der Waals surface area (Å²) < 4.78 is 31.7. The zero-order chi connectivity index (χ0) is 16.2. The van der Waals surface area contributed by atoms with Crippen LogP contribution in [0.3, 0.4) is 0 Å². The van der Waals surface area contributed by atoms with Crippen LogP contribution in [0.2, 0.25) is 0 Å². The third-order valence-corrected chi connectivity index (χ3v) is 2.90. The number of carbonyl (C=O) groups excluding carboxylic acids is 3. The average Bonchev–Trinajstić information content (AvgIpc) is 2.40. The van der Waals surface area contributed by atoms with Crippen LogP contribution in [-0.4, -0.2) is 24.8 Å². The van der Waals surface area contributed by atoms with Crippen LogP contribution in [0.1, 0.15) is 25.5 Å². The number of Topliss-reactive ketones (excluding diaryl/α,β-unsaturated/α-hetero) is 1. The summed E-state index contributed by atoms with van der Waals surface area (Å²) in [6.45, 7) is 2.24. The molecule has 7 heteroatoms. The first-order chi connectivity index (χ1) is 9.79. The number of ether oxygens (including phenoxy) is 1. The molecule has 0 radical (unpaired) electrons. The second kappa shape index (κ2) is 6.92. The minimum atomic E-state index is -1.46. The predicted octanol–water partition coefficient (Wildman–Crippen LogP) is 1.52. The van der Waals surface area contributed by atoms with Crippen molar-refractivity contribution in [2.24, 2.45) is 5.92 Å². The summed E-state index contributed by atoms with van der Waals surface area (Å²) >= 11 is 0. The fraction of sp³-hybridized carbons (Fsp3) is 0.357. The van der Waals surface area contributed by atoms with Crippen LogP contribution in [0.5, 0.6) is 0 Å². The van der Waals surface area contributed by atoms with Crippen LogP contribution in [0, 0.1) is 17.6 Å². The third kappa shape index (κ3) is 3.84. The van der Waals surface area contributed by atoms with E-state index in [1.54, 1.807) is 0 Å². The van der Waals surface area contributed by atoms with Gasteiger partial charge in [0.05, 0.1) is 13.2 Å². The largest absolute Gasteiger partial charge is 0.468 e. The molecule has 0 spiro atoms. The van der Waals surface area contributed by atoms with E-state index >= 15 is 0 Å². The van der Waals surface area contributed by atoms with Gasteiger partial charge in [-0.25, -0.2) is 8.78 Å². The molecule has 2 atom stereocenters. The number of ketones is 1. The molecular formula is C14H15F2NO4. The molecular weight excluding hydrogens is 284 g/mol. The molecule has 0 fully saturated rings. The number of methoxy groups -OCH3 is 1. The van der Waals surface area contributed by atoms with E-state index < -0.39 is 41.3 Å². The molecule has 0 heterocycles. The Morgan fingerprint density at radius 1 is 1.19 bits per heavy atom. The highest BCUT2D eigenvalue weighted by Gasteiger charge is 2.37. The summed E-state index contributed by atoms with van der Waals surface area (Å²) in [4.78, 5) is 34.7. The Bertz CT molecular complexity index is 574. The standard InChI is InChI=1S/C14H15F2NO4/c1-7(18)11(14(20)21-3)13(17-8(2)19)9-5-4-6-10(15)12(9)16/h4-6,11,13H,1-3H3,(H,17,19)/t11-,13+/m0/s1. The first-order valence-electron chi connectivity index (χ1n) is 6.08. The van der Waals surface area contributed by atoms with E-state index in [4.69, 9.17) is 0 Å². The first kappa shape index (κ1) is 16.7. The molecule has 0 aliphatic heterocycles. The highest BCUT2D eigenvalue weighted by Crippen LogP contribution is 2.27. The first-order valence-corrected chi connectivity index (χ1v) is 6.08. The van der Waals surface area contributed by atoms with Gasteiger partial charge in [-0.3, -0.25) is 14.4 Å². The van der Waals surface area contributed by atoms with Gasteiger partial charge in [0, 0.05) is 12.5 Å². The van der Waals surface area contributed by atoms with Crippen molar-refractivity contribution >= 4 is 17.7 Å². The minimum absolute atomic E-state index is 0.296. The van der Waals surface area contributed by atoms with Crippen LogP contribution in [-0.2, 0) is 19.1 Å². The van der Waals surface area contributed by atoms with Gasteiger partial charge in [-0.1, -0.05) is 12.1 Å². The molecule has 21 heavy (non-hydrogen) atoms. The van der Waals surface area contributed by atoms with Gasteiger partial charge in [0.25, 0.3) is 0 Å². The monoisotopic (exact) mass is 299 g/mol. The van der Waals surface area contributed by atoms with Crippen LogP contribution in [0.4, 0.5) is 8.78 Å². The van der Waals surface area contributed by atoms with Gasteiger partial charge < -0.3 is 10.1 Å². The van der Waals surface area contributed by atoms with E-state index in [2.05, 4.69) is 10.1 Å². The van der Waals surface area contributed by atoms with Crippen molar-refractivity contribution in [3.05, 3.63) is 35.4 Å². The van der Waals surface area contributed by atoms with Gasteiger partial charge in [-0.15, -0.1) is 0 Å². The van der Waals surface area contributed by atoms with E-state index in [1.165, 1.54) is 12.1 Å². The van der Waals surface area contributed by atoms with Gasteiger partial charge in [0.1, 0.15) is 11.7 Å². The fourth-order valence-electron chi connectivity index (χ4n) is 1.98. The Morgan fingerprint density at radius 2 is 1.81 bits per heavy atom. The lowest BCUT2D eigenvalue weighted by Gasteiger charge is -2.24. The highest BCUT2D eigenvalue weighted by molar-refractivity contribution is 5.99. The van der Waals surface area contributed by atoms with E-state index in [0.717, 1.165) is 27.0 Å². The van der Waals surface area contributed by atoms with Crippen molar-refractivity contribution in [1.82, 2.24) is 5.32 Å². The number of amides is 1. The molecule has 0 aromatic heterocycles. The number of carbonyl (C=O) groups is 3. The molecule has 114 valence electrons. The van der Waals surface area contributed by atoms with Crippen molar-refractivity contribution < 1.29 is 27.9 Å². The van der Waals surface area contributed by atoms with Crippen LogP contribution >= 0.6 is 0 Å². The van der Waals surface area contributed by atoms with Gasteiger partial charge in [0.15, 0.2) is 11.6 Å². The minimum Gasteiger partial charge on any atom is -0.468 e. The quantitative estimate of drug-likeness (QED) is 0.661. The number of hydrogen-bond acceptors (Lipinski definition) is 4. The smallest absolute Gasteiger partial charge is 0.318 e. The van der Waals surface area contributed by atoms with E-state index in [1.807, 2.05) is 0 Å². The zero-order valence-corrected chi connectivity index (χ0v) is 11.8. The Labute approximate surface area is 120 Å². The molecule has 1 aromatic rings. The van der Waals surface area contributed by atoms with Gasteiger partial charge >= 0.3 is 5.97 Å². The molecule has 1 aromatic carbocycles. The summed E-state index contributed by atoms with van der Waals surface area (Å²) in [5, 5.41) is 2.29. The number of hydrogen-bond donors (Lipinski definition) is 1. The summed E-state index contributed by atoms with van der Waals surface area (Å²) in [5.41, 5.74) is -0.296.